The van der Waals surface area contributed by atoms with E-state index >= 15 is 4.39 Å². The van der Waals surface area contributed by atoms with Crippen molar-refractivity contribution in [2.24, 2.45) is 0 Å². The van der Waals surface area contributed by atoms with Gasteiger partial charge in [0.1, 0.15) is 23.6 Å². The van der Waals surface area contributed by atoms with Crippen LogP contribution in [0.3, 0.4) is 0 Å². The molecule has 0 aliphatic rings. The summed E-state index contributed by atoms with van der Waals surface area (Å²) in [5.74, 6) is -1.51. The molecule has 41 heavy (non-hydrogen) atoms. The van der Waals surface area contributed by atoms with Gasteiger partial charge in [-0.1, -0.05) is 17.3 Å². The first-order valence-electron chi connectivity index (χ1n) is 11.2. The minimum atomic E-state index is -4.92. The Kier molecular flexibility index (Phi) is 7.12. The Balaban J connectivity index is 1.69. The molecule has 5 aromatic rings. The van der Waals surface area contributed by atoms with Gasteiger partial charge in [0.05, 0.1) is 22.5 Å². The number of hydrogen-bond donors (Lipinski definition) is 1. The molecule has 0 radical (unpaired) electrons. The first-order valence-corrected chi connectivity index (χ1v) is 12.3. The summed E-state index contributed by atoms with van der Waals surface area (Å²) in [5.41, 5.74) is -0.937. The molecule has 1 unspecified atom stereocenters. The van der Waals surface area contributed by atoms with Crippen LogP contribution in [-0.4, -0.2) is 39.7 Å². The lowest BCUT2D eigenvalue weighted by molar-refractivity contribution is -0.274. The molecule has 5 rings (SSSR count). The largest absolute Gasteiger partial charge is 0.573 e. The number of nitrogens with zero attached hydrogens (tertiary/aromatic N) is 5. The maximum absolute atomic E-state index is 15.8. The van der Waals surface area contributed by atoms with Crippen LogP contribution in [0.4, 0.5) is 30.7 Å². The zero-order valence-electron chi connectivity index (χ0n) is 20.1. The van der Waals surface area contributed by atoms with Crippen molar-refractivity contribution in [3.63, 3.8) is 0 Å². The van der Waals surface area contributed by atoms with Crippen molar-refractivity contribution < 1.29 is 44.2 Å². The fourth-order valence-corrected chi connectivity index (χ4v) is 4.40. The van der Waals surface area contributed by atoms with Crippen LogP contribution in [0.2, 0.25) is 0 Å². The Morgan fingerprint density at radius 1 is 0.902 bits per heavy atom. The predicted molar refractivity (Wildman–Crippen MR) is 130 cm³/mol. The molecule has 0 aliphatic heterocycles. The van der Waals surface area contributed by atoms with E-state index in [-0.39, 0.29) is 27.4 Å². The van der Waals surface area contributed by atoms with Crippen molar-refractivity contribution >= 4 is 11.1 Å². The van der Waals surface area contributed by atoms with Crippen molar-refractivity contribution in [3.8, 4) is 39.5 Å². The molecule has 212 valence electrons. The summed E-state index contributed by atoms with van der Waals surface area (Å²) < 4.78 is 120. The Morgan fingerprint density at radius 3 is 2.27 bits per heavy atom. The van der Waals surface area contributed by atoms with E-state index in [0.29, 0.717) is 11.8 Å². The number of imidazole rings is 1. The summed E-state index contributed by atoms with van der Waals surface area (Å²) in [6.45, 7) is 0. The standard InChI is InChI=1S/C25H14F7N5O3S/c26-19-9-16(15-2-1-3-18(8-15)41(38)39)10-20(23(19)36-12-22(33-13-36)24(27,28)29)37-21(11-34-35-37)14-4-6-17(7-5-14)40-25(30,31)32/h1-13H,(H,38,39). The molecule has 0 bridgehead atoms. The van der Waals surface area contributed by atoms with E-state index < -0.39 is 46.6 Å². The third kappa shape index (κ3) is 5.97. The molecular weight excluding hydrogens is 583 g/mol. The minimum absolute atomic E-state index is 0.0144. The Hall–Kier alpha value is -4.57. The smallest absolute Gasteiger partial charge is 0.406 e. The van der Waals surface area contributed by atoms with Gasteiger partial charge in [0.15, 0.2) is 16.8 Å². The molecule has 0 amide bonds. The average molecular weight is 597 g/mol. The van der Waals surface area contributed by atoms with Gasteiger partial charge in [-0.05, 0) is 59.7 Å². The maximum atomic E-state index is 15.8. The van der Waals surface area contributed by atoms with Gasteiger partial charge in [0, 0.05) is 11.8 Å². The third-order valence-corrected chi connectivity index (χ3v) is 6.36. The predicted octanol–water partition coefficient (Wildman–Crippen LogP) is 6.42. The van der Waals surface area contributed by atoms with E-state index in [1.54, 1.807) is 0 Å². The van der Waals surface area contributed by atoms with Gasteiger partial charge in [-0.3, -0.25) is 0 Å². The average Bonchev–Trinajstić information content (AvgIpc) is 3.58. The molecule has 8 nitrogen and oxygen atoms in total. The molecule has 2 aromatic heterocycles. The molecule has 1 atom stereocenters. The highest BCUT2D eigenvalue weighted by atomic mass is 32.2. The fraction of sp³-hybridized carbons (Fsp3) is 0.0800. The van der Waals surface area contributed by atoms with E-state index in [4.69, 9.17) is 0 Å². The number of halogens is 7. The van der Waals surface area contributed by atoms with Crippen LogP contribution < -0.4 is 4.74 Å². The van der Waals surface area contributed by atoms with Gasteiger partial charge in [0.2, 0.25) is 0 Å². The van der Waals surface area contributed by atoms with E-state index in [0.717, 1.165) is 33.8 Å². The van der Waals surface area contributed by atoms with Crippen LogP contribution in [-0.2, 0) is 17.3 Å². The molecule has 2 heterocycles. The first-order chi connectivity index (χ1) is 19.3. The second-order valence-electron chi connectivity index (χ2n) is 8.37. The number of hydrogen-bond acceptors (Lipinski definition) is 5. The van der Waals surface area contributed by atoms with Crippen LogP contribution in [0.1, 0.15) is 5.69 Å². The molecule has 0 spiro atoms. The van der Waals surface area contributed by atoms with Crippen molar-refractivity contribution in [2.75, 3.05) is 0 Å². The quantitative estimate of drug-likeness (QED) is 0.179. The minimum Gasteiger partial charge on any atom is -0.406 e. The first kappa shape index (κ1) is 28.0. The van der Waals surface area contributed by atoms with E-state index in [2.05, 4.69) is 20.0 Å². The summed E-state index contributed by atoms with van der Waals surface area (Å²) in [4.78, 5) is 3.33. The Bertz CT molecular complexity index is 1750. The summed E-state index contributed by atoms with van der Waals surface area (Å²) in [6.07, 6.45) is -7.17. The SMILES string of the molecule is O=S(O)c1cccc(-c2cc(F)c(-n3cnc(C(F)(F)F)c3)c(-n3nncc3-c3ccc(OC(F)(F)F)cc3)c2)c1. The summed E-state index contributed by atoms with van der Waals surface area (Å²) in [6, 6.07) is 12.6. The molecular formula is C25H14F7N5O3S. The van der Waals surface area contributed by atoms with E-state index in [1.165, 1.54) is 48.7 Å². The van der Waals surface area contributed by atoms with Crippen LogP contribution in [0.25, 0.3) is 33.8 Å². The normalized spacial score (nSPS) is 12.9. The van der Waals surface area contributed by atoms with E-state index in [1.807, 2.05) is 0 Å². The third-order valence-electron chi connectivity index (χ3n) is 5.70. The number of aromatic nitrogens is 5. The van der Waals surface area contributed by atoms with Crippen molar-refractivity contribution in [3.05, 3.63) is 90.9 Å². The molecule has 16 heteroatoms. The van der Waals surface area contributed by atoms with Gasteiger partial charge in [-0.2, -0.15) is 13.2 Å². The lowest BCUT2D eigenvalue weighted by atomic mass is 10.0. The lowest BCUT2D eigenvalue weighted by Crippen LogP contribution is -2.17. The van der Waals surface area contributed by atoms with Crippen molar-refractivity contribution in [2.45, 2.75) is 17.4 Å². The highest BCUT2D eigenvalue weighted by molar-refractivity contribution is 7.79. The second kappa shape index (κ2) is 10.4. The fourth-order valence-electron chi connectivity index (χ4n) is 3.98. The van der Waals surface area contributed by atoms with E-state index in [9.17, 15) is 35.1 Å². The highest BCUT2D eigenvalue weighted by Gasteiger charge is 2.34. The molecule has 0 saturated carbocycles. The molecule has 0 fully saturated rings. The van der Waals surface area contributed by atoms with Gasteiger partial charge < -0.3 is 13.9 Å². The monoisotopic (exact) mass is 597 g/mol. The molecule has 3 aromatic carbocycles. The molecule has 0 saturated heterocycles. The van der Waals surface area contributed by atoms with Crippen LogP contribution in [0.5, 0.6) is 5.75 Å². The maximum Gasteiger partial charge on any atom is 0.573 e. The summed E-state index contributed by atoms with van der Waals surface area (Å²) >= 11 is -2.35. The topological polar surface area (TPSA) is 95.1 Å². The Morgan fingerprint density at radius 2 is 1.63 bits per heavy atom. The zero-order valence-corrected chi connectivity index (χ0v) is 20.9. The Labute approximate surface area is 227 Å². The van der Waals surface area contributed by atoms with Crippen LogP contribution in [0, 0.1) is 5.82 Å². The van der Waals surface area contributed by atoms with Gasteiger partial charge >= 0.3 is 12.5 Å². The number of alkyl halides is 6. The second-order valence-corrected chi connectivity index (χ2v) is 9.34. The van der Waals surface area contributed by atoms with Gasteiger partial charge in [-0.25, -0.2) is 18.3 Å². The van der Waals surface area contributed by atoms with Gasteiger partial charge in [0.25, 0.3) is 0 Å². The van der Waals surface area contributed by atoms with Crippen molar-refractivity contribution in [1.29, 1.82) is 0 Å². The van der Waals surface area contributed by atoms with Crippen LogP contribution >= 0.6 is 0 Å². The number of benzene rings is 3. The zero-order chi connectivity index (χ0) is 29.5. The summed E-state index contributed by atoms with van der Waals surface area (Å²) in [5, 5.41) is 7.76. The van der Waals surface area contributed by atoms with Gasteiger partial charge in [-0.15, -0.1) is 18.3 Å². The van der Waals surface area contributed by atoms with Crippen LogP contribution in [0.15, 0.2) is 84.3 Å². The number of ether oxygens (including phenoxy) is 1. The van der Waals surface area contributed by atoms with Crippen molar-refractivity contribution in [1.82, 2.24) is 24.5 Å². The lowest BCUT2D eigenvalue weighted by Gasteiger charge is -2.16. The highest BCUT2D eigenvalue weighted by Crippen LogP contribution is 2.35. The molecule has 0 aliphatic carbocycles. The number of rotatable bonds is 6. The summed E-state index contributed by atoms with van der Waals surface area (Å²) in [7, 11) is 0. The molecule has 1 N–H and O–H groups in total.